The molecule has 0 amide bonds. The van der Waals surface area contributed by atoms with E-state index in [4.69, 9.17) is 5.73 Å². The second-order valence-corrected chi connectivity index (χ2v) is 2.41. The molecule has 0 saturated carbocycles. The van der Waals surface area contributed by atoms with E-state index in [0.717, 1.165) is 11.3 Å². The Hall–Kier alpha value is -1.17. The van der Waals surface area contributed by atoms with Gasteiger partial charge in [-0.15, -0.1) is 0 Å². The Labute approximate surface area is 54.3 Å². The number of thiazole rings is 1. The van der Waals surface area contributed by atoms with Gasteiger partial charge in [-0.05, 0) is 0 Å². The van der Waals surface area contributed by atoms with Gasteiger partial charge in [-0.2, -0.15) is 0 Å². The number of nitrogens with zero attached hydrogens (tertiary/aromatic N) is 1. The van der Waals surface area contributed by atoms with Crippen molar-refractivity contribution >= 4 is 21.5 Å². The average Bonchev–Trinajstić information content (AvgIpc) is 2.14. The van der Waals surface area contributed by atoms with E-state index >= 15 is 0 Å². The zero-order valence-corrected chi connectivity index (χ0v) is 5.14. The minimum Gasteiger partial charge on any atom is -0.278 e. The summed E-state index contributed by atoms with van der Waals surface area (Å²) in [5, 5.41) is 10.3. The van der Waals surface area contributed by atoms with Crippen molar-refractivity contribution in [3.05, 3.63) is 16.3 Å². The first-order valence-electron chi connectivity index (χ1n) is 2.11. The van der Waals surface area contributed by atoms with E-state index in [2.05, 4.69) is 4.98 Å². The fourth-order valence-electron chi connectivity index (χ4n) is 0.394. The molecule has 1 aromatic rings. The van der Waals surface area contributed by atoms with Crippen LogP contribution in [0.4, 0.5) is 10.1 Å². The standard InChI is InChI=1S/C3H3N3O2S/c4-3-5-1-2(9-3)6(7)8/h1H,(H2,4,5)/p+1. The number of nitrogen functional groups attached to an aromatic ring is 1. The number of hydrogen-bond donors (Lipinski definition) is 1. The molecule has 48 valence electrons. The van der Waals surface area contributed by atoms with Crippen LogP contribution in [0.3, 0.4) is 0 Å². The van der Waals surface area contributed by atoms with Crippen LogP contribution in [0, 0.1) is 10.1 Å². The summed E-state index contributed by atoms with van der Waals surface area (Å²) >= 11 is 0.919. The highest BCUT2D eigenvalue weighted by Crippen LogP contribution is 2.18. The quantitative estimate of drug-likeness (QED) is 0.449. The SMILES string of the molecule is Nc1[nH+]cc([N+](=O)[O-])s1. The molecular weight excluding hydrogens is 142 g/mol. The molecule has 1 heterocycles. The Balaban J connectivity index is 2.98. The predicted octanol–water partition coefficient (Wildman–Crippen LogP) is 0.0526. The van der Waals surface area contributed by atoms with Crippen LogP contribution in [0.1, 0.15) is 0 Å². The molecule has 5 nitrogen and oxygen atoms in total. The van der Waals surface area contributed by atoms with Crippen LogP contribution in [0.5, 0.6) is 0 Å². The van der Waals surface area contributed by atoms with Gasteiger partial charge in [-0.3, -0.25) is 15.8 Å². The number of nitro groups is 1. The van der Waals surface area contributed by atoms with E-state index in [9.17, 15) is 10.1 Å². The molecule has 0 atom stereocenters. The third kappa shape index (κ3) is 1.14. The molecule has 0 aromatic carbocycles. The molecule has 9 heavy (non-hydrogen) atoms. The predicted molar refractivity (Wildman–Crippen MR) is 31.9 cm³/mol. The summed E-state index contributed by atoms with van der Waals surface area (Å²) in [6.45, 7) is 0. The van der Waals surface area contributed by atoms with E-state index in [-0.39, 0.29) is 5.00 Å². The minimum absolute atomic E-state index is 0.0347. The lowest BCUT2D eigenvalue weighted by molar-refractivity contribution is -0.402. The first-order chi connectivity index (χ1) is 4.20. The van der Waals surface area contributed by atoms with E-state index in [1.165, 1.54) is 6.20 Å². The zero-order chi connectivity index (χ0) is 6.85. The van der Waals surface area contributed by atoms with Gasteiger partial charge in [-0.25, -0.2) is 4.98 Å². The Morgan fingerprint density at radius 3 is 2.78 bits per heavy atom. The van der Waals surface area contributed by atoms with Gasteiger partial charge in [0.05, 0.1) is 4.92 Å². The Kier molecular flexibility index (Phi) is 1.31. The van der Waals surface area contributed by atoms with E-state index in [0.29, 0.717) is 5.13 Å². The van der Waals surface area contributed by atoms with Crippen LogP contribution < -0.4 is 10.7 Å². The maximum Gasteiger partial charge on any atom is 0.369 e. The zero-order valence-electron chi connectivity index (χ0n) is 4.33. The van der Waals surface area contributed by atoms with Crippen molar-refractivity contribution in [2.24, 2.45) is 0 Å². The lowest BCUT2D eigenvalue weighted by atomic mass is 10.9. The summed E-state index contributed by atoms with van der Waals surface area (Å²) < 4.78 is 0. The maximum absolute atomic E-state index is 9.95. The van der Waals surface area contributed by atoms with Crippen molar-refractivity contribution in [1.29, 1.82) is 0 Å². The molecule has 1 rings (SSSR count). The fourth-order valence-corrected chi connectivity index (χ4v) is 0.930. The molecule has 6 heteroatoms. The lowest BCUT2D eigenvalue weighted by Crippen LogP contribution is -2.01. The number of anilines is 1. The van der Waals surface area contributed by atoms with Gasteiger partial charge >= 0.3 is 10.1 Å². The van der Waals surface area contributed by atoms with Gasteiger partial charge < -0.3 is 0 Å². The Morgan fingerprint density at radius 2 is 2.56 bits per heavy atom. The highest BCUT2D eigenvalue weighted by atomic mass is 32.1. The molecule has 0 fully saturated rings. The maximum atomic E-state index is 9.95. The third-order valence-electron chi connectivity index (χ3n) is 0.732. The molecule has 1 aromatic heterocycles. The Morgan fingerprint density at radius 1 is 1.89 bits per heavy atom. The molecule has 0 unspecified atom stereocenters. The number of aromatic nitrogens is 1. The van der Waals surface area contributed by atoms with Gasteiger partial charge in [0, 0.05) is 11.3 Å². The molecule has 3 N–H and O–H groups in total. The van der Waals surface area contributed by atoms with Crippen LogP contribution in [0.25, 0.3) is 0 Å². The van der Waals surface area contributed by atoms with E-state index in [1.807, 2.05) is 0 Å². The van der Waals surface area contributed by atoms with Gasteiger partial charge in [0.15, 0.2) is 6.20 Å². The normalized spacial score (nSPS) is 9.33. The van der Waals surface area contributed by atoms with Crippen molar-refractivity contribution in [3.8, 4) is 0 Å². The lowest BCUT2D eigenvalue weighted by Gasteiger charge is -1.74. The molecule has 0 aliphatic heterocycles. The van der Waals surface area contributed by atoms with Crippen LogP contribution >= 0.6 is 11.3 Å². The first kappa shape index (κ1) is 5.96. The van der Waals surface area contributed by atoms with Crippen molar-refractivity contribution in [3.63, 3.8) is 0 Å². The molecule has 0 spiro atoms. The summed E-state index contributed by atoms with van der Waals surface area (Å²) in [6, 6.07) is 0. The molecule has 0 bridgehead atoms. The van der Waals surface area contributed by atoms with Gasteiger partial charge in [0.2, 0.25) is 0 Å². The smallest absolute Gasteiger partial charge is 0.278 e. The average molecular weight is 146 g/mol. The van der Waals surface area contributed by atoms with Crippen molar-refractivity contribution < 1.29 is 9.91 Å². The second kappa shape index (κ2) is 1.98. The number of aromatic amines is 1. The monoisotopic (exact) mass is 146 g/mol. The van der Waals surface area contributed by atoms with Crippen LogP contribution in [0.2, 0.25) is 0 Å². The number of H-pyrrole nitrogens is 1. The summed E-state index contributed by atoms with van der Waals surface area (Å²) in [5.74, 6) is 0. The summed E-state index contributed by atoms with van der Waals surface area (Å²) in [6.07, 6.45) is 1.26. The van der Waals surface area contributed by atoms with Gasteiger partial charge in [0.25, 0.3) is 0 Å². The topological polar surface area (TPSA) is 83.3 Å². The number of nitrogens with two attached hydrogens (primary N) is 1. The highest BCUT2D eigenvalue weighted by molar-refractivity contribution is 7.18. The summed E-state index contributed by atoms with van der Waals surface area (Å²) in [5.41, 5.74) is 5.17. The summed E-state index contributed by atoms with van der Waals surface area (Å²) in [4.78, 5) is 12.0. The number of rotatable bonds is 1. The third-order valence-corrected chi connectivity index (χ3v) is 1.55. The molecule has 0 aliphatic carbocycles. The largest absolute Gasteiger partial charge is 0.369 e. The second-order valence-electron chi connectivity index (χ2n) is 1.35. The van der Waals surface area contributed by atoms with Crippen LogP contribution in [-0.2, 0) is 0 Å². The molecule has 0 radical (unpaired) electrons. The number of hydrogen-bond acceptors (Lipinski definition) is 4. The van der Waals surface area contributed by atoms with Gasteiger partial charge in [-0.1, -0.05) is 0 Å². The van der Waals surface area contributed by atoms with Crippen molar-refractivity contribution in [2.45, 2.75) is 0 Å². The first-order valence-corrected chi connectivity index (χ1v) is 2.93. The fraction of sp³-hybridized carbons (Fsp3) is 0. The number of nitrogens with one attached hydrogen (secondary N) is 1. The Bertz CT molecular complexity index is 233. The highest BCUT2D eigenvalue weighted by Gasteiger charge is 2.12. The van der Waals surface area contributed by atoms with Gasteiger partial charge in [0.1, 0.15) is 0 Å². The summed E-state index contributed by atoms with van der Waals surface area (Å²) in [7, 11) is 0. The van der Waals surface area contributed by atoms with Crippen molar-refractivity contribution in [2.75, 3.05) is 5.73 Å². The van der Waals surface area contributed by atoms with Crippen LogP contribution in [-0.4, -0.2) is 4.92 Å². The molecular formula is C3H4N3O2S+. The van der Waals surface area contributed by atoms with E-state index < -0.39 is 4.92 Å². The van der Waals surface area contributed by atoms with Crippen molar-refractivity contribution in [1.82, 2.24) is 0 Å². The van der Waals surface area contributed by atoms with E-state index in [1.54, 1.807) is 0 Å². The van der Waals surface area contributed by atoms with Crippen LogP contribution in [0.15, 0.2) is 6.20 Å². The minimum atomic E-state index is -0.489. The molecule has 0 aliphatic rings. The molecule has 0 saturated heterocycles.